The minimum atomic E-state index is 0.273. The second kappa shape index (κ2) is 7.59. The molecule has 0 radical (unpaired) electrons. The summed E-state index contributed by atoms with van der Waals surface area (Å²) in [5.74, 6) is 2.12. The van der Waals surface area contributed by atoms with Crippen molar-refractivity contribution in [1.29, 1.82) is 0 Å². The number of aromatic nitrogens is 2. The maximum Gasteiger partial charge on any atom is 0.132 e. The summed E-state index contributed by atoms with van der Waals surface area (Å²) in [7, 11) is 0. The van der Waals surface area contributed by atoms with Crippen molar-refractivity contribution in [2.24, 2.45) is 0 Å². The lowest BCUT2D eigenvalue weighted by atomic mass is 9.88. The highest BCUT2D eigenvalue weighted by molar-refractivity contribution is 6.11. The highest BCUT2D eigenvalue weighted by Gasteiger charge is 2.18. The van der Waals surface area contributed by atoms with Crippen molar-refractivity contribution in [3.63, 3.8) is 0 Å². The average molecular weight is 383 g/mol. The van der Waals surface area contributed by atoms with E-state index in [1.165, 1.54) is 21.9 Å². The first-order valence-corrected chi connectivity index (χ1v) is 10.7. The lowest BCUT2D eigenvalue weighted by Crippen LogP contribution is -2.03. The molecule has 2 nitrogen and oxygen atoms in total. The first kappa shape index (κ1) is 19.6. The summed E-state index contributed by atoms with van der Waals surface area (Å²) in [6.45, 7) is 13.4. The van der Waals surface area contributed by atoms with Crippen LogP contribution in [0.5, 0.6) is 0 Å². The second-order valence-electron chi connectivity index (χ2n) is 8.93. The third-order valence-corrected chi connectivity index (χ3v) is 5.70. The van der Waals surface area contributed by atoms with Crippen molar-refractivity contribution < 1.29 is 0 Å². The van der Waals surface area contributed by atoms with Gasteiger partial charge in [0.2, 0.25) is 0 Å². The van der Waals surface area contributed by atoms with Gasteiger partial charge in [-0.2, -0.15) is 0 Å². The molecule has 0 amide bonds. The van der Waals surface area contributed by atoms with Crippen molar-refractivity contribution in [2.45, 2.75) is 59.3 Å². The first-order valence-electron chi connectivity index (χ1n) is 10.7. The molecule has 4 rings (SSSR count). The monoisotopic (exact) mass is 382 g/mol. The first-order chi connectivity index (χ1) is 13.9. The summed E-state index contributed by atoms with van der Waals surface area (Å²) in [6.07, 6.45) is 0. The molecule has 4 aromatic rings. The molecule has 29 heavy (non-hydrogen) atoms. The van der Waals surface area contributed by atoms with Gasteiger partial charge in [0.25, 0.3) is 0 Å². The number of benzene rings is 3. The van der Waals surface area contributed by atoms with Gasteiger partial charge in [0.1, 0.15) is 5.82 Å². The predicted molar refractivity (Wildman–Crippen MR) is 125 cm³/mol. The molecule has 0 aliphatic rings. The average Bonchev–Trinajstić information content (AvgIpc) is 2.72. The maximum absolute atomic E-state index is 5.10. The molecule has 3 aromatic carbocycles. The van der Waals surface area contributed by atoms with Crippen LogP contribution in [0.1, 0.15) is 76.2 Å². The zero-order valence-electron chi connectivity index (χ0n) is 18.3. The van der Waals surface area contributed by atoms with Gasteiger partial charge in [-0.25, -0.2) is 9.97 Å². The van der Waals surface area contributed by atoms with Crippen LogP contribution in [0.25, 0.3) is 32.9 Å². The Morgan fingerprint density at radius 2 is 1.41 bits per heavy atom. The van der Waals surface area contributed by atoms with Gasteiger partial charge in [0, 0.05) is 22.3 Å². The van der Waals surface area contributed by atoms with E-state index in [1.54, 1.807) is 0 Å². The van der Waals surface area contributed by atoms with Crippen LogP contribution in [0.15, 0.2) is 54.6 Å². The van der Waals surface area contributed by atoms with Gasteiger partial charge in [0.15, 0.2) is 0 Å². The number of rotatable bonds is 4. The van der Waals surface area contributed by atoms with Crippen molar-refractivity contribution >= 4 is 21.7 Å². The summed E-state index contributed by atoms with van der Waals surface area (Å²) < 4.78 is 0. The molecule has 0 atom stereocenters. The lowest BCUT2D eigenvalue weighted by Gasteiger charge is -2.18. The molecule has 148 valence electrons. The van der Waals surface area contributed by atoms with E-state index in [0.717, 1.165) is 28.0 Å². The van der Waals surface area contributed by atoms with Crippen LogP contribution < -0.4 is 0 Å². The molecular formula is C27H30N2. The van der Waals surface area contributed by atoms with Gasteiger partial charge < -0.3 is 0 Å². The molecule has 1 heterocycles. The van der Waals surface area contributed by atoms with E-state index in [2.05, 4.69) is 96.1 Å². The van der Waals surface area contributed by atoms with Gasteiger partial charge >= 0.3 is 0 Å². The molecule has 0 aliphatic heterocycles. The van der Waals surface area contributed by atoms with Gasteiger partial charge in [-0.3, -0.25) is 0 Å². The Morgan fingerprint density at radius 3 is 2.03 bits per heavy atom. The van der Waals surface area contributed by atoms with E-state index in [9.17, 15) is 0 Å². The zero-order valence-corrected chi connectivity index (χ0v) is 18.3. The molecule has 0 spiro atoms. The van der Waals surface area contributed by atoms with Gasteiger partial charge in [0.05, 0.1) is 11.2 Å². The fourth-order valence-electron chi connectivity index (χ4n) is 3.99. The van der Waals surface area contributed by atoms with E-state index in [-0.39, 0.29) is 5.92 Å². The zero-order chi connectivity index (χ0) is 20.7. The van der Waals surface area contributed by atoms with Crippen LogP contribution in [0.3, 0.4) is 0 Å². The third kappa shape index (κ3) is 3.53. The van der Waals surface area contributed by atoms with E-state index < -0.39 is 0 Å². The highest BCUT2D eigenvalue weighted by Crippen LogP contribution is 2.37. The quantitative estimate of drug-likeness (QED) is 0.336. The number of hydrogen-bond acceptors (Lipinski definition) is 2. The van der Waals surface area contributed by atoms with Crippen LogP contribution in [0.2, 0.25) is 0 Å². The Labute approximate surface area is 174 Å². The van der Waals surface area contributed by atoms with E-state index in [0.29, 0.717) is 11.8 Å². The summed E-state index contributed by atoms with van der Waals surface area (Å²) in [5.41, 5.74) is 6.03. The Balaban J connectivity index is 2.17. The Morgan fingerprint density at radius 1 is 0.690 bits per heavy atom. The molecule has 0 fully saturated rings. The SMILES string of the molecule is CC(C)c1cc(C(C)C)c2c(ccc3c(-c4ccccc4)nc(C(C)C)nc32)c1. The highest BCUT2D eigenvalue weighted by atomic mass is 14.9. The number of hydrogen-bond donors (Lipinski definition) is 0. The maximum atomic E-state index is 5.10. The topological polar surface area (TPSA) is 25.8 Å². The van der Waals surface area contributed by atoms with Crippen molar-refractivity contribution in [3.8, 4) is 11.3 Å². The summed E-state index contributed by atoms with van der Waals surface area (Å²) in [4.78, 5) is 10.1. The number of nitrogens with zero attached hydrogens (tertiary/aromatic N) is 2. The van der Waals surface area contributed by atoms with Crippen LogP contribution in [-0.4, -0.2) is 9.97 Å². The summed E-state index contributed by atoms with van der Waals surface area (Å²) >= 11 is 0. The Hall–Kier alpha value is -2.74. The molecule has 0 bridgehead atoms. The fourth-order valence-corrected chi connectivity index (χ4v) is 3.99. The lowest BCUT2D eigenvalue weighted by molar-refractivity contribution is 0.785. The molecule has 0 unspecified atom stereocenters. The van der Waals surface area contributed by atoms with Gasteiger partial charge in [-0.05, 0) is 34.4 Å². The Kier molecular flexibility index (Phi) is 5.12. The number of fused-ring (bicyclic) bond motifs is 3. The Bertz CT molecular complexity index is 1170. The van der Waals surface area contributed by atoms with Crippen LogP contribution >= 0.6 is 0 Å². The summed E-state index contributed by atoms with van der Waals surface area (Å²) in [5, 5.41) is 3.69. The molecule has 2 heteroatoms. The van der Waals surface area contributed by atoms with E-state index >= 15 is 0 Å². The molecule has 0 saturated heterocycles. The third-order valence-electron chi connectivity index (χ3n) is 5.70. The van der Waals surface area contributed by atoms with E-state index in [4.69, 9.17) is 9.97 Å². The molecular weight excluding hydrogens is 352 g/mol. The van der Waals surface area contributed by atoms with Crippen molar-refractivity contribution in [2.75, 3.05) is 0 Å². The predicted octanol–water partition coefficient (Wildman–Crippen LogP) is 7.82. The van der Waals surface area contributed by atoms with Gasteiger partial charge in [-0.1, -0.05) is 90.1 Å². The molecule has 0 N–H and O–H groups in total. The smallest absolute Gasteiger partial charge is 0.132 e. The van der Waals surface area contributed by atoms with Gasteiger partial charge in [-0.15, -0.1) is 0 Å². The minimum Gasteiger partial charge on any atom is -0.232 e. The van der Waals surface area contributed by atoms with Crippen molar-refractivity contribution in [3.05, 3.63) is 71.5 Å². The molecule has 0 aliphatic carbocycles. The largest absolute Gasteiger partial charge is 0.232 e. The van der Waals surface area contributed by atoms with Crippen molar-refractivity contribution in [1.82, 2.24) is 9.97 Å². The summed E-state index contributed by atoms with van der Waals surface area (Å²) in [6, 6.07) is 19.7. The van der Waals surface area contributed by atoms with E-state index in [1.807, 2.05) is 0 Å². The normalized spacial score (nSPS) is 12.0. The van der Waals surface area contributed by atoms with Crippen LogP contribution in [0.4, 0.5) is 0 Å². The fraction of sp³-hybridized carbons (Fsp3) is 0.333. The van der Waals surface area contributed by atoms with Crippen LogP contribution in [-0.2, 0) is 0 Å². The van der Waals surface area contributed by atoms with Crippen LogP contribution in [0, 0.1) is 0 Å². The minimum absolute atomic E-state index is 0.273. The molecule has 1 aromatic heterocycles. The standard InChI is InChI=1S/C27H30N2/c1-16(2)21-14-20-12-13-22-25(19-10-8-7-9-11-19)28-27(18(5)6)29-26(22)24(20)23(15-21)17(3)4/h7-18H,1-6H3. The second-order valence-corrected chi connectivity index (χ2v) is 8.93. The molecule has 0 saturated carbocycles.